The van der Waals surface area contributed by atoms with Crippen molar-refractivity contribution in [1.82, 2.24) is 24.4 Å². The number of fused-ring (bicyclic) bond motifs is 1. The summed E-state index contributed by atoms with van der Waals surface area (Å²) in [5.41, 5.74) is 6.81. The molecule has 3 heterocycles. The summed E-state index contributed by atoms with van der Waals surface area (Å²) < 4.78 is 2.43. The van der Waals surface area contributed by atoms with Crippen molar-refractivity contribution in [3.05, 3.63) is 60.7 Å². The molecular weight excluding hydrogens is 370 g/mol. The molecule has 1 aromatic carbocycles. The lowest BCUT2D eigenvalue weighted by atomic mass is 9.90. The van der Waals surface area contributed by atoms with E-state index in [1.807, 2.05) is 12.4 Å². The van der Waals surface area contributed by atoms with Crippen molar-refractivity contribution in [2.45, 2.75) is 44.7 Å². The molecule has 5 rings (SSSR count). The fourth-order valence-electron chi connectivity index (χ4n) is 4.85. The van der Waals surface area contributed by atoms with Gasteiger partial charge in [0.2, 0.25) is 0 Å². The van der Waals surface area contributed by atoms with Crippen LogP contribution in [-0.2, 0) is 0 Å². The molecule has 1 aliphatic carbocycles. The number of imidazole rings is 1. The Hall–Kier alpha value is -2.92. The first-order chi connectivity index (χ1) is 14.6. The van der Waals surface area contributed by atoms with E-state index < -0.39 is 0 Å². The van der Waals surface area contributed by atoms with E-state index >= 15 is 0 Å². The molecule has 154 valence electrons. The predicted molar refractivity (Wildman–Crippen MR) is 122 cm³/mol. The lowest BCUT2D eigenvalue weighted by Gasteiger charge is -2.34. The van der Waals surface area contributed by atoms with E-state index in [0.29, 0.717) is 12.1 Å². The second-order valence-corrected chi connectivity index (χ2v) is 8.74. The molecular formula is C25H29N5. The molecule has 1 N–H and O–H groups in total. The molecule has 5 heteroatoms. The van der Waals surface area contributed by atoms with Crippen LogP contribution in [0.2, 0.25) is 0 Å². The van der Waals surface area contributed by atoms with Crippen molar-refractivity contribution in [3.8, 4) is 22.5 Å². The standard InChI is InChI=1S/C25H29N5/c1-17-4-6-18(7-5-17)23-24(21-12-14-26-25-22(21)13-15-27-25)30(16-28-23)20-10-8-19(9-11-20)29(2)3/h4-7,12-16,19-20H,8-11H2,1-3H3,(H,26,27). The van der Waals surface area contributed by atoms with Crippen LogP contribution in [0, 0.1) is 6.92 Å². The van der Waals surface area contributed by atoms with Crippen molar-refractivity contribution in [2.75, 3.05) is 14.1 Å². The summed E-state index contributed by atoms with van der Waals surface area (Å²) in [6.07, 6.45) is 10.7. The minimum absolute atomic E-state index is 0.477. The van der Waals surface area contributed by atoms with E-state index in [-0.39, 0.29) is 0 Å². The van der Waals surface area contributed by atoms with Crippen LogP contribution in [-0.4, -0.2) is 44.6 Å². The van der Waals surface area contributed by atoms with E-state index in [1.165, 1.54) is 42.5 Å². The Morgan fingerprint density at radius 3 is 2.47 bits per heavy atom. The van der Waals surface area contributed by atoms with Gasteiger partial charge in [-0.25, -0.2) is 9.97 Å². The average Bonchev–Trinajstić information content (AvgIpc) is 3.41. The smallest absolute Gasteiger partial charge is 0.137 e. The van der Waals surface area contributed by atoms with E-state index in [9.17, 15) is 0 Å². The summed E-state index contributed by atoms with van der Waals surface area (Å²) in [6, 6.07) is 14.1. The van der Waals surface area contributed by atoms with Crippen LogP contribution in [0.3, 0.4) is 0 Å². The summed E-state index contributed by atoms with van der Waals surface area (Å²) >= 11 is 0. The minimum atomic E-state index is 0.477. The Kier molecular flexibility index (Phi) is 4.91. The number of benzene rings is 1. The van der Waals surface area contributed by atoms with Crippen molar-refractivity contribution >= 4 is 11.0 Å². The molecule has 1 aliphatic rings. The Labute approximate surface area is 177 Å². The molecule has 0 amide bonds. The summed E-state index contributed by atoms with van der Waals surface area (Å²) in [5.74, 6) is 0. The number of pyridine rings is 1. The Morgan fingerprint density at radius 2 is 1.73 bits per heavy atom. The quantitative estimate of drug-likeness (QED) is 0.497. The molecule has 4 aromatic rings. The first-order valence-electron chi connectivity index (χ1n) is 10.8. The number of aromatic nitrogens is 4. The van der Waals surface area contributed by atoms with Crippen LogP contribution in [0.5, 0.6) is 0 Å². The molecule has 30 heavy (non-hydrogen) atoms. The van der Waals surface area contributed by atoms with Crippen LogP contribution in [0.15, 0.2) is 55.1 Å². The van der Waals surface area contributed by atoms with Gasteiger partial charge in [0.15, 0.2) is 0 Å². The fourth-order valence-corrected chi connectivity index (χ4v) is 4.85. The SMILES string of the molecule is Cc1ccc(-c2ncn(C3CCC(N(C)C)CC3)c2-c2ccnc3[nH]ccc23)cc1. The summed E-state index contributed by atoms with van der Waals surface area (Å²) in [7, 11) is 4.39. The number of nitrogens with zero attached hydrogens (tertiary/aromatic N) is 4. The molecule has 1 saturated carbocycles. The average molecular weight is 400 g/mol. The van der Waals surface area contributed by atoms with Gasteiger partial charge in [-0.1, -0.05) is 29.8 Å². The largest absolute Gasteiger partial charge is 0.346 e. The topological polar surface area (TPSA) is 49.7 Å². The molecule has 0 atom stereocenters. The first-order valence-corrected chi connectivity index (χ1v) is 10.8. The Balaban J connectivity index is 1.63. The molecule has 5 nitrogen and oxygen atoms in total. The van der Waals surface area contributed by atoms with Crippen LogP contribution in [0.4, 0.5) is 0 Å². The fraction of sp³-hybridized carbons (Fsp3) is 0.360. The van der Waals surface area contributed by atoms with Crippen molar-refractivity contribution in [1.29, 1.82) is 0 Å². The van der Waals surface area contributed by atoms with Crippen molar-refractivity contribution < 1.29 is 0 Å². The van der Waals surface area contributed by atoms with Gasteiger partial charge in [-0.15, -0.1) is 0 Å². The molecule has 0 unspecified atom stereocenters. The molecule has 3 aromatic heterocycles. The van der Waals surface area contributed by atoms with E-state index in [0.717, 1.165) is 22.3 Å². The van der Waals surface area contributed by atoms with Crippen LogP contribution >= 0.6 is 0 Å². The molecule has 0 aliphatic heterocycles. The van der Waals surface area contributed by atoms with Gasteiger partial charge in [0.25, 0.3) is 0 Å². The maximum absolute atomic E-state index is 4.93. The monoisotopic (exact) mass is 399 g/mol. The van der Waals surface area contributed by atoms with Gasteiger partial charge in [0.1, 0.15) is 5.65 Å². The van der Waals surface area contributed by atoms with Gasteiger partial charge in [-0.05, 0) is 58.8 Å². The third-order valence-electron chi connectivity index (χ3n) is 6.62. The van der Waals surface area contributed by atoms with Gasteiger partial charge in [-0.3, -0.25) is 0 Å². The van der Waals surface area contributed by atoms with Crippen LogP contribution in [0.1, 0.15) is 37.3 Å². The second kappa shape index (κ2) is 7.73. The molecule has 0 radical (unpaired) electrons. The third-order valence-corrected chi connectivity index (χ3v) is 6.62. The Morgan fingerprint density at radius 1 is 0.967 bits per heavy atom. The lowest BCUT2D eigenvalue weighted by molar-refractivity contribution is 0.196. The highest BCUT2D eigenvalue weighted by atomic mass is 15.1. The highest BCUT2D eigenvalue weighted by Crippen LogP contribution is 2.40. The maximum Gasteiger partial charge on any atom is 0.137 e. The molecule has 0 bridgehead atoms. The predicted octanol–water partition coefficient (Wildman–Crippen LogP) is 5.45. The minimum Gasteiger partial charge on any atom is -0.346 e. The van der Waals surface area contributed by atoms with Crippen LogP contribution < -0.4 is 0 Å². The second-order valence-electron chi connectivity index (χ2n) is 8.74. The number of hydrogen-bond donors (Lipinski definition) is 1. The van der Waals surface area contributed by atoms with Crippen molar-refractivity contribution in [3.63, 3.8) is 0 Å². The normalized spacial score (nSPS) is 19.6. The highest BCUT2D eigenvalue weighted by molar-refractivity contribution is 5.95. The number of aryl methyl sites for hydroxylation is 1. The van der Waals surface area contributed by atoms with Gasteiger partial charge in [0, 0.05) is 41.0 Å². The number of H-pyrrole nitrogens is 1. The van der Waals surface area contributed by atoms with E-state index in [4.69, 9.17) is 4.98 Å². The van der Waals surface area contributed by atoms with Gasteiger partial charge in [-0.2, -0.15) is 0 Å². The zero-order valence-electron chi connectivity index (χ0n) is 18.0. The number of aromatic amines is 1. The van der Waals surface area contributed by atoms with Gasteiger partial charge in [0.05, 0.1) is 17.7 Å². The van der Waals surface area contributed by atoms with Crippen molar-refractivity contribution in [2.24, 2.45) is 0 Å². The van der Waals surface area contributed by atoms with Gasteiger partial charge >= 0.3 is 0 Å². The maximum atomic E-state index is 4.93. The number of rotatable bonds is 4. The third kappa shape index (κ3) is 3.33. The van der Waals surface area contributed by atoms with Crippen LogP contribution in [0.25, 0.3) is 33.5 Å². The lowest BCUT2D eigenvalue weighted by Crippen LogP contribution is -2.32. The summed E-state index contributed by atoms with van der Waals surface area (Å²) in [4.78, 5) is 15.1. The molecule has 1 fully saturated rings. The van der Waals surface area contributed by atoms with E-state index in [1.54, 1.807) is 0 Å². The summed E-state index contributed by atoms with van der Waals surface area (Å²) in [5, 5.41) is 1.15. The van der Waals surface area contributed by atoms with Gasteiger partial charge < -0.3 is 14.5 Å². The number of nitrogens with one attached hydrogen (secondary N) is 1. The zero-order valence-corrected chi connectivity index (χ0v) is 18.0. The first kappa shape index (κ1) is 19.1. The molecule has 0 spiro atoms. The highest BCUT2D eigenvalue weighted by Gasteiger charge is 2.27. The number of hydrogen-bond acceptors (Lipinski definition) is 3. The molecule has 0 saturated heterocycles. The van der Waals surface area contributed by atoms with E-state index in [2.05, 4.69) is 83.2 Å². The Bertz CT molecular complexity index is 1140. The zero-order chi connectivity index (χ0) is 20.7. The summed E-state index contributed by atoms with van der Waals surface area (Å²) in [6.45, 7) is 2.12.